The molecule has 1 aliphatic carbocycles. The summed E-state index contributed by atoms with van der Waals surface area (Å²) in [6.07, 6.45) is 9.55. The maximum atomic E-state index is 5.37. The third kappa shape index (κ3) is 4.52. The van der Waals surface area contributed by atoms with E-state index in [4.69, 9.17) is 4.74 Å². The van der Waals surface area contributed by atoms with Crippen LogP contribution in [0.5, 0.6) is 5.75 Å². The molecule has 112 valence electrons. The van der Waals surface area contributed by atoms with Gasteiger partial charge in [-0.15, -0.1) is 0 Å². The van der Waals surface area contributed by atoms with Gasteiger partial charge in [0.2, 0.25) is 0 Å². The molecule has 1 fully saturated rings. The molecule has 0 bridgehead atoms. The van der Waals surface area contributed by atoms with E-state index in [9.17, 15) is 0 Å². The Morgan fingerprint density at radius 3 is 2.75 bits per heavy atom. The van der Waals surface area contributed by atoms with Crippen LogP contribution in [0.25, 0.3) is 0 Å². The van der Waals surface area contributed by atoms with Gasteiger partial charge in [0.1, 0.15) is 5.75 Å². The highest BCUT2D eigenvalue weighted by atomic mass is 16.5. The van der Waals surface area contributed by atoms with Crippen LogP contribution in [-0.2, 0) is 0 Å². The number of ether oxygens (including phenoxy) is 1. The lowest BCUT2D eigenvalue weighted by Gasteiger charge is -2.27. The van der Waals surface area contributed by atoms with Gasteiger partial charge in [-0.25, -0.2) is 0 Å². The predicted molar refractivity (Wildman–Crippen MR) is 85.2 cm³/mol. The molecule has 0 aliphatic heterocycles. The second-order valence-electron chi connectivity index (χ2n) is 6.02. The molecule has 1 N–H and O–H groups in total. The summed E-state index contributed by atoms with van der Waals surface area (Å²) in [5.41, 5.74) is 1.38. The summed E-state index contributed by atoms with van der Waals surface area (Å²) in [4.78, 5) is 0. The number of rotatable bonds is 7. The number of hydrogen-bond donors (Lipinski definition) is 1. The minimum atomic E-state index is 0.480. The first kappa shape index (κ1) is 15.4. The van der Waals surface area contributed by atoms with Crippen LogP contribution in [0.3, 0.4) is 0 Å². The van der Waals surface area contributed by atoms with Crippen LogP contribution in [-0.4, -0.2) is 13.7 Å². The summed E-state index contributed by atoms with van der Waals surface area (Å²) < 4.78 is 5.37. The number of benzene rings is 1. The molecule has 20 heavy (non-hydrogen) atoms. The van der Waals surface area contributed by atoms with Crippen molar-refractivity contribution < 1.29 is 4.74 Å². The predicted octanol–water partition coefficient (Wildman–Crippen LogP) is 4.71. The monoisotopic (exact) mass is 275 g/mol. The standard InChI is InChI=1S/C18H29NO/c1-3-12-19-18(13-15-8-5-4-6-9-15)16-10-7-11-17(14-16)20-2/h7,10-11,14-15,18-19H,3-6,8-9,12-13H2,1-2H3. The van der Waals surface area contributed by atoms with Gasteiger partial charge in [-0.05, 0) is 43.0 Å². The van der Waals surface area contributed by atoms with Crippen LogP contribution >= 0.6 is 0 Å². The van der Waals surface area contributed by atoms with Gasteiger partial charge in [-0.2, -0.15) is 0 Å². The smallest absolute Gasteiger partial charge is 0.119 e. The topological polar surface area (TPSA) is 21.3 Å². The maximum absolute atomic E-state index is 5.37. The third-order valence-electron chi connectivity index (χ3n) is 4.43. The van der Waals surface area contributed by atoms with Crippen LogP contribution in [0.1, 0.15) is 63.5 Å². The summed E-state index contributed by atoms with van der Waals surface area (Å²) in [5.74, 6) is 1.86. The fourth-order valence-electron chi connectivity index (χ4n) is 3.27. The van der Waals surface area contributed by atoms with Crippen molar-refractivity contribution in [1.82, 2.24) is 5.32 Å². The van der Waals surface area contributed by atoms with Gasteiger partial charge in [0.15, 0.2) is 0 Å². The molecule has 1 aliphatic rings. The highest BCUT2D eigenvalue weighted by Gasteiger charge is 2.20. The van der Waals surface area contributed by atoms with E-state index < -0.39 is 0 Å². The molecule has 0 heterocycles. The fraction of sp³-hybridized carbons (Fsp3) is 0.667. The van der Waals surface area contributed by atoms with Gasteiger partial charge < -0.3 is 10.1 Å². The zero-order valence-corrected chi connectivity index (χ0v) is 13.0. The maximum Gasteiger partial charge on any atom is 0.119 e. The van der Waals surface area contributed by atoms with E-state index in [1.54, 1.807) is 7.11 Å². The van der Waals surface area contributed by atoms with E-state index in [2.05, 4.69) is 30.4 Å². The summed E-state index contributed by atoms with van der Waals surface area (Å²) in [7, 11) is 1.74. The lowest BCUT2D eigenvalue weighted by Crippen LogP contribution is -2.25. The van der Waals surface area contributed by atoms with E-state index in [1.807, 2.05) is 6.07 Å². The molecule has 0 radical (unpaired) electrons. The van der Waals surface area contributed by atoms with Crippen molar-refractivity contribution in [2.24, 2.45) is 5.92 Å². The van der Waals surface area contributed by atoms with Crippen molar-refractivity contribution >= 4 is 0 Å². The van der Waals surface area contributed by atoms with Crippen LogP contribution < -0.4 is 10.1 Å². The average molecular weight is 275 g/mol. The van der Waals surface area contributed by atoms with Gasteiger partial charge in [-0.1, -0.05) is 51.2 Å². The molecule has 1 saturated carbocycles. The Morgan fingerprint density at radius 1 is 1.25 bits per heavy atom. The molecule has 2 rings (SSSR count). The van der Waals surface area contributed by atoms with E-state index in [0.717, 1.165) is 18.2 Å². The molecule has 0 amide bonds. The molecular weight excluding hydrogens is 246 g/mol. The van der Waals surface area contributed by atoms with Crippen molar-refractivity contribution in [1.29, 1.82) is 0 Å². The normalized spacial score (nSPS) is 17.9. The largest absolute Gasteiger partial charge is 0.497 e. The second-order valence-corrected chi connectivity index (χ2v) is 6.02. The minimum absolute atomic E-state index is 0.480. The number of methoxy groups -OCH3 is 1. The Labute approximate surface area is 123 Å². The van der Waals surface area contributed by atoms with Crippen LogP contribution in [0.4, 0.5) is 0 Å². The van der Waals surface area contributed by atoms with Gasteiger partial charge in [0, 0.05) is 6.04 Å². The van der Waals surface area contributed by atoms with Crippen molar-refractivity contribution in [3.63, 3.8) is 0 Å². The molecule has 1 aromatic carbocycles. The number of hydrogen-bond acceptors (Lipinski definition) is 2. The molecule has 0 spiro atoms. The summed E-state index contributed by atoms with van der Waals surface area (Å²) >= 11 is 0. The van der Waals surface area contributed by atoms with Crippen molar-refractivity contribution in [3.8, 4) is 5.75 Å². The zero-order chi connectivity index (χ0) is 14.2. The number of nitrogens with one attached hydrogen (secondary N) is 1. The lowest BCUT2D eigenvalue weighted by atomic mass is 9.83. The molecule has 1 aromatic rings. The highest BCUT2D eigenvalue weighted by Crippen LogP contribution is 2.32. The zero-order valence-electron chi connectivity index (χ0n) is 13.0. The Bertz CT molecular complexity index is 385. The average Bonchev–Trinajstić information content (AvgIpc) is 2.52. The quantitative estimate of drug-likeness (QED) is 0.778. The highest BCUT2D eigenvalue weighted by molar-refractivity contribution is 5.30. The first-order valence-electron chi connectivity index (χ1n) is 8.20. The van der Waals surface area contributed by atoms with Gasteiger partial charge in [0.05, 0.1) is 7.11 Å². The Balaban J connectivity index is 2.04. The van der Waals surface area contributed by atoms with E-state index in [-0.39, 0.29) is 0 Å². The van der Waals surface area contributed by atoms with Crippen molar-refractivity contribution in [2.45, 2.75) is 57.9 Å². The summed E-state index contributed by atoms with van der Waals surface area (Å²) in [6, 6.07) is 9.04. The SMILES string of the molecule is CCCNC(CC1CCCCC1)c1cccc(OC)c1. The van der Waals surface area contributed by atoms with Crippen LogP contribution in [0, 0.1) is 5.92 Å². The first-order valence-corrected chi connectivity index (χ1v) is 8.20. The summed E-state index contributed by atoms with van der Waals surface area (Å²) in [6.45, 7) is 3.32. The molecule has 1 unspecified atom stereocenters. The molecule has 1 atom stereocenters. The molecule has 2 heteroatoms. The lowest BCUT2D eigenvalue weighted by molar-refractivity contribution is 0.299. The van der Waals surface area contributed by atoms with Gasteiger partial charge in [0.25, 0.3) is 0 Å². The third-order valence-corrected chi connectivity index (χ3v) is 4.43. The molecule has 2 nitrogen and oxygen atoms in total. The van der Waals surface area contributed by atoms with Crippen LogP contribution in [0.2, 0.25) is 0 Å². The van der Waals surface area contributed by atoms with Crippen molar-refractivity contribution in [2.75, 3.05) is 13.7 Å². The molecular formula is C18H29NO. The van der Waals surface area contributed by atoms with E-state index in [1.165, 1.54) is 50.5 Å². The van der Waals surface area contributed by atoms with Gasteiger partial charge in [-0.3, -0.25) is 0 Å². The van der Waals surface area contributed by atoms with E-state index >= 15 is 0 Å². The van der Waals surface area contributed by atoms with E-state index in [0.29, 0.717) is 6.04 Å². The Kier molecular flexibility index (Phi) is 6.38. The Hall–Kier alpha value is -1.02. The summed E-state index contributed by atoms with van der Waals surface area (Å²) in [5, 5.41) is 3.73. The molecule has 0 aromatic heterocycles. The van der Waals surface area contributed by atoms with Gasteiger partial charge >= 0.3 is 0 Å². The molecule has 0 saturated heterocycles. The Morgan fingerprint density at radius 2 is 2.05 bits per heavy atom. The minimum Gasteiger partial charge on any atom is -0.497 e. The first-order chi connectivity index (χ1) is 9.83. The van der Waals surface area contributed by atoms with Crippen LogP contribution in [0.15, 0.2) is 24.3 Å². The second kappa shape index (κ2) is 8.31. The van der Waals surface area contributed by atoms with Crippen molar-refractivity contribution in [3.05, 3.63) is 29.8 Å². The fourth-order valence-corrected chi connectivity index (χ4v) is 3.27.